The van der Waals surface area contributed by atoms with Gasteiger partial charge in [0, 0.05) is 22.2 Å². The minimum absolute atomic E-state index is 0.398. The summed E-state index contributed by atoms with van der Waals surface area (Å²) in [6, 6.07) is 2.63. The van der Waals surface area contributed by atoms with E-state index in [1.165, 1.54) is 10.3 Å². The molecule has 2 aromatic rings. The van der Waals surface area contributed by atoms with Gasteiger partial charge in [0.2, 0.25) is 0 Å². The first-order valence-corrected chi connectivity index (χ1v) is 6.89. The largest absolute Gasteiger partial charge is 0.314 e. The highest BCUT2D eigenvalue weighted by atomic mass is 32.1. The normalized spacial score (nSPS) is 15.1. The Hall–Kier alpha value is -1.00. The fraction of sp³-hybridized carbons (Fsp3) is 0.538. The molecule has 0 saturated heterocycles. The lowest BCUT2D eigenvalue weighted by atomic mass is 9.97. The molecule has 2 aromatic heterocycles. The summed E-state index contributed by atoms with van der Waals surface area (Å²) in [5, 5.41) is 4.67. The lowest BCUT2D eigenvalue weighted by Crippen LogP contribution is -2.31. The molecule has 0 aliphatic carbocycles. The molecule has 2 atom stereocenters. The van der Waals surface area contributed by atoms with Gasteiger partial charge in [0.05, 0.1) is 5.69 Å². The number of hydrogen-bond acceptors (Lipinski definition) is 4. The van der Waals surface area contributed by atoms with Crippen molar-refractivity contribution in [2.75, 3.05) is 6.54 Å². The van der Waals surface area contributed by atoms with Crippen LogP contribution in [0.3, 0.4) is 0 Å². The zero-order valence-electron chi connectivity index (χ0n) is 10.8. The summed E-state index contributed by atoms with van der Waals surface area (Å²) in [6.07, 6.45) is 1.68. The molecule has 0 spiro atoms. The fourth-order valence-corrected chi connectivity index (χ4v) is 2.95. The number of thiophene rings is 1. The maximum atomic E-state index is 4.48. The second-order valence-corrected chi connectivity index (χ2v) is 5.70. The van der Waals surface area contributed by atoms with Crippen LogP contribution in [-0.4, -0.2) is 22.6 Å². The Labute approximate surface area is 106 Å². The second kappa shape index (κ2) is 5.10. The first-order chi connectivity index (χ1) is 8.13. The summed E-state index contributed by atoms with van der Waals surface area (Å²) in [7, 11) is 0. The predicted octanol–water partition coefficient (Wildman–Crippen LogP) is 3.10. The molecular weight excluding hydrogens is 230 g/mol. The van der Waals surface area contributed by atoms with Crippen LogP contribution in [-0.2, 0) is 0 Å². The number of aryl methyl sites for hydroxylation is 1. The standard InChI is InChI=1S/C13H19N3S/c1-5-14-10(4)9(3)12-11-6-8(2)17-13(11)16-7-15-12/h6-7,9-10,14H,5H2,1-4H3. The van der Waals surface area contributed by atoms with Crippen molar-refractivity contribution in [2.24, 2.45) is 0 Å². The van der Waals surface area contributed by atoms with Crippen molar-refractivity contribution in [1.29, 1.82) is 0 Å². The van der Waals surface area contributed by atoms with Crippen LogP contribution >= 0.6 is 11.3 Å². The van der Waals surface area contributed by atoms with Crippen LogP contribution < -0.4 is 5.32 Å². The van der Waals surface area contributed by atoms with E-state index in [0.29, 0.717) is 12.0 Å². The van der Waals surface area contributed by atoms with Gasteiger partial charge in [0.1, 0.15) is 11.2 Å². The van der Waals surface area contributed by atoms with Gasteiger partial charge in [-0.2, -0.15) is 0 Å². The third-order valence-electron chi connectivity index (χ3n) is 3.19. The van der Waals surface area contributed by atoms with Crippen LogP contribution in [0.15, 0.2) is 12.4 Å². The third kappa shape index (κ3) is 2.48. The van der Waals surface area contributed by atoms with E-state index in [4.69, 9.17) is 0 Å². The van der Waals surface area contributed by atoms with Gasteiger partial charge < -0.3 is 5.32 Å². The molecule has 0 radical (unpaired) electrons. The van der Waals surface area contributed by atoms with E-state index >= 15 is 0 Å². The molecule has 0 fully saturated rings. The van der Waals surface area contributed by atoms with E-state index in [1.54, 1.807) is 17.7 Å². The Balaban J connectivity index is 2.40. The van der Waals surface area contributed by atoms with Crippen LogP contribution in [0.25, 0.3) is 10.2 Å². The molecule has 0 bridgehead atoms. The van der Waals surface area contributed by atoms with Gasteiger partial charge in [0.15, 0.2) is 0 Å². The van der Waals surface area contributed by atoms with Crippen molar-refractivity contribution >= 4 is 21.6 Å². The first kappa shape index (κ1) is 12.5. The first-order valence-electron chi connectivity index (χ1n) is 6.08. The summed E-state index contributed by atoms with van der Waals surface area (Å²) < 4.78 is 0. The van der Waals surface area contributed by atoms with Crippen LogP contribution in [0.1, 0.15) is 37.3 Å². The molecule has 0 aliphatic heterocycles. The van der Waals surface area contributed by atoms with Crippen LogP contribution in [0, 0.1) is 6.92 Å². The number of aromatic nitrogens is 2. The number of nitrogens with one attached hydrogen (secondary N) is 1. The fourth-order valence-electron chi connectivity index (χ4n) is 2.09. The van der Waals surface area contributed by atoms with E-state index in [1.807, 2.05) is 0 Å². The predicted molar refractivity (Wildman–Crippen MR) is 73.7 cm³/mol. The van der Waals surface area contributed by atoms with Crippen molar-refractivity contribution in [3.8, 4) is 0 Å². The van der Waals surface area contributed by atoms with Crippen LogP contribution in [0.2, 0.25) is 0 Å². The lowest BCUT2D eigenvalue weighted by Gasteiger charge is -2.20. The molecule has 0 aromatic carbocycles. The molecule has 0 saturated carbocycles. The van der Waals surface area contributed by atoms with Gasteiger partial charge in [-0.15, -0.1) is 11.3 Å². The molecule has 2 rings (SSSR count). The molecule has 1 N–H and O–H groups in total. The Morgan fingerprint density at radius 2 is 2.12 bits per heavy atom. The molecule has 92 valence electrons. The number of rotatable bonds is 4. The van der Waals surface area contributed by atoms with Crippen molar-refractivity contribution in [1.82, 2.24) is 15.3 Å². The van der Waals surface area contributed by atoms with Crippen molar-refractivity contribution in [2.45, 2.75) is 39.7 Å². The van der Waals surface area contributed by atoms with E-state index < -0.39 is 0 Å². The Morgan fingerprint density at radius 3 is 2.82 bits per heavy atom. The van der Waals surface area contributed by atoms with E-state index in [0.717, 1.165) is 17.1 Å². The number of fused-ring (bicyclic) bond motifs is 1. The summed E-state index contributed by atoms with van der Waals surface area (Å²) in [6.45, 7) is 9.67. The molecule has 17 heavy (non-hydrogen) atoms. The molecule has 0 amide bonds. The molecule has 2 unspecified atom stereocenters. The van der Waals surface area contributed by atoms with Crippen LogP contribution in [0.5, 0.6) is 0 Å². The minimum Gasteiger partial charge on any atom is -0.314 e. The topological polar surface area (TPSA) is 37.8 Å². The SMILES string of the molecule is CCNC(C)C(C)c1ncnc2sc(C)cc12. The van der Waals surface area contributed by atoms with Crippen LogP contribution in [0.4, 0.5) is 0 Å². The van der Waals surface area contributed by atoms with Gasteiger partial charge in [-0.05, 0) is 26.5 Å². The monoisotopic (exact) mass is 249 g/mol. The zero-order chi connectivity index (χ0) is 12.4. The maximum Gasteiger partial charge on any atom is 0.127 e. The molecule has 0 aliphatic rings. The highest BCUT2D eigenvalue weighted by Gasteiger charge is 2.18. The Kier molecular flexibility index (Phi) is 3.74. The number of likely N-dealkylation sites (N-methyl/N-ethyl adjacent to an activating group) is 1. The van der Waals surface area contributed by atoms with E-state index in [2.05, 4.69) is 49.0 Å². The van der Waals surface area contributed by atoms with Gasteiger partial charge >= 0.3 is 0 Å². The van der Waals surface area contributed by atoms with Gasteiger partial charge in [0.25, 0.3) is 0 Å². The quantitative estimate of drug-likeness (QED) is 0.904. The third-order valence-corrected chi connectivity index (χ3v) is 4.15. The highest BCUT2D eigenvalue weighted by Crippen LogP contribution is 2.29. The molecule has 2 heterocycles. The molecule has 3 nitrogen and oxygen atoms in total. The average molecular weight is 249 g/mol. The Morgan fingerprint density at radius 1 is 1.35 bits per heavy atom. The van der Waals surface area contributed by atoms with Gasteiger partial charge in [-0.3, -0.25) is 0 Å². The highest BCUT2D eigenvalue weighted by molar-refractivity contribution is 7.18. The molecule has 4 heteroatoms. The van der Waals surface area contributed by atoms with E-state index in [9.17, 15) is 0 Å². The second-order valence-electron chi connectivity index (χ2n) is 4.47. The number of nitrogens with zero attached hydrogens (tertiary/aromatic N) is 2. The van der Waals surface area contributed by atoms with Gasteiger partial charge in [-0.25, -0.2) is 9.97 Å². The number of hydrogen-bond donors (Lipinski definition) is 1. The van der Waals surface area contributed by atoms with Crippen molar-refractivity contribution in [3.05, 3.63) is 23.0 Å². The summed E-state index contributed by atoms with van der Waals surface area (Å²) >= 11 is 1.74. The maximum absolute atomic E-state index is 4.48. The summed E-state index contributed by atoms with van der Waals surface area (Å²) in [4.78, 5) is 11.2. The minimum atomic E-state index is 0.398. The van der Waals surface area contributed by atoms with E-state index in [-0.39, 0.29) is 0 Å². The smallest absolute Gasteiger partial charge is 0.127 e. The molecular formula is C13H19N3S. The lowest BCUT2D eigenvalue weighted by molar-refractivity contribution is 0.489. The van der Waals surface area contributed by atoms with Crippen molar-refractivity contribution in [3.63, 3.8) is 0 Å². The summed E-state index contributed by atoms with van der Waals surface area (Å²) in [5.41, 5.74) is 1.16. The summed E-state index contributed by atoms with van der Waals surface area (Å²) in [5.74, 6) is 0.398. The zero-order valence-corrected chi connectivity index (χ0v) is 11.6. The van der Waals surface area contributed by atoms with Crippen molar-refractivity contribution < 1.29 is 0 Å². The Bertz CT molecular complexity index is 506. The average Bonchev–Trinajstić information content (AvgIpc) is 2.68. The van der Waals surface area contributed by atoms with Gasteiger partial charge in [-0.1, -0.05) is 13.8 Å².